The normalized spacial score (nSPS) is 20.2. The van der Waals surface area contributed by atoms with Gasteiger partial charge in [-0.25, -0.2) is 0 Å². The van der Waals surface area contributed by atoms with Crippen LogP contribution in [0.15, 0.2) is 24.3 Å². The van der Waals surface area contributed by atoms with E-state index in [1.807, 2.05) is 12.1 Å². The van der Waals surface area contributed by atoms with Crippen LogP contribution in [-0.4, -0.2) is 19.3 Å². The van der Waals surface area contributed by atoms with Crippen molar-refractivity contribution in [2.75, 3.05) is 13.2 Å². The zero-order valence-electron chi connectivity index (χ0n) is 13.0. The van der Waals surface area contributed by atoms with Gasteiger partial charge in [-0.05, 0) is 56.2 Å². The molecule has 4 nitrogen and oxygen atoms in total. The smallest absolute Gasteiger partial charge is 0.119 e. The summed E-state index contributed by atoms with van der Waals surface area (Å²) in [4.78, 5) is 0. The minimum atomic E-state index is 0.177. The summed E-state index contributed by atoms with van der Waals surface area (Å²) in [6, 6.07) is 8.41. The molecule has 1 aromatic carbocycles. The van der Waals surface area contributed by atoms with Crippen LogP contribution in [0.3, 0.4) is 0 Å². The molecule has 0 spiro atoms. The highest BCUT2D eigenvalue weighted by molar-refractivity contribution is 5.29. The van der Waals surface area contributed by atoms with Crippen molar-refractivity contribution in [2.24, 2.45) is 5.84 Å². The number of rotatable bonds is 8. The molecule has 0 saturated carbocycles. The second kappa shape index (κ2) is 9.03. The summed E-state index contributed by atoms with van der Waals surface area (Å²) in [5.74, 6) is 6.64. The van der Waals surface area contributed by atoms with Gasteiger partial charge >= 0.3 is 0 Å². The molecule has 0 radical (unpaired) electrons. The van der Waals surface area contributed by atoms with Crippen LogP contribution in [0.1, 0.15) is 57.1 Å². The maximum absolute atomic E-state index is 5.78. The average Bonchev–Trinajstić information content (AvgIpc) is 2.55. The molecule has 21 heavy (non-hydrogen) atoms. The van der Waals surface area contributed by atoms with Gasteiger partial charge in [0, 0.05) is 12.6 Å². The second-order valence-electron chi connectivity index (χ2n) is 5.70. The largest absolute Gasteiger partial charge is 0.494 e. The summed E-state index contributed by atoms with van der Waals surface area (Å²) in [5, 5.41) is 0. The minimum Gasteiger partial charge on any atom is -0.494 e. The maximum Gasteiger partial charge on any atom is 0.119 e. The molecule has 1 aromatic rings. The van der Waals surface area contributed by atoms with Gasteiger partial charge < -0.3 is 9.47 Å². The molecule has 4 heteroatoms. The Labute approximate surface area is 128 Å². The quantitative estimate of drug-likeness (QED) is 0.570. The van der Waals surface area contributed by atoms with Crippen LogP contribution in [0.5, 0.6) is 5.75 Å². The third kappa shape index (κ3) is 5.30. The maximum atomic E-state index is 5.78. The fourth-order valence-electron chi connectivity index (χ4n) is 2.75. The van der Waals surface area contributed by atoms with Crippen LogP contribution in [0.4, 0.5) is 0 Å². The predicted octanol–water partition coefficient (Wildman–Crippen LogP) is 3.33. The Morgan fingerprint density at radius 2 is 2.14 bits per heavy atom. The molecule has 3 N–H and O–H groups in total. The van der Waals surface area contributed by atoms with Crippen molar-refractivity contribution in [2.45, 2.75) is 57.6 Å². The number of hydrazine groups is 1. The Bertz CT molecular complexity index is 388. The molecule has 1 aliphatic heterocycles. The molecule has 1 aliphatic rings. The number of benzene rings is 1. The Balaban J connectivity index is 1.84. The van der Waals surface area contributed by atoms with Crippen LogP contribution in [-0.2, 0) is 4.74 Å². The predicted molar refractivity (Wildman–Crippen MR) is 85.1 cm³/mol. The van der Waals surface area contributed by atoms with E-state index in [0.29, 0.717) is 6.10 Å². The summed E-state index contributed by atoms with van der Waals surface area (Å²) in [7, 11) is 0. The lowest BCUT2D eigenvalue weighted by Gasteiger charge is -2.25. The van der Waals surface area contributed by atoms with Gasteiger partial charge in [0.2, 0.25) is 0 Å². The van der Waals surface area contributed by atoms with Gasteiger partial charge in [0.05, 0.1) is 12.7 Å². The molecule has 0 bridgehead atoms. The van der Waals surface area contributed by atoms with Crippen molar-refractivity contribution in [3.63, 3.8) is 0 Å². The summed E-state index contributed by atoms with van der Waals surface area (Å²) in [6.07, 6.45) is 7.15. The first-order valence-electron chi connectivity index (χ1n) is 8.14. The van der Waals surface area contributed by atoms with Gasteiger partial charge in [0.1, 0.15) is 5.75 Å². The number of nitrogens with one attached hydrogen (secondary N) is 1. The Morgan fingerprint density at radius 3 is 2.76 bits per heavy atom. The standard InChI is InChI=1S/C17H28N2O2/c1-2-12-20-16-8-6-14(7-9-16)17(19-18)11-10-15-5-3-4-13-21-15/h6-9,15,17,19H,2-5,10-13,18H2,1H3. The highest BCUT2D eigenvalue weighted by atomic mass is 16.5. The van der Waals surface area contributed by atoms with Gasteiger partial charge in [-0.15, -0.1) is 0 Å². The zero-order valence-corrected chi connectivity index (χ0v) is 13.0. The van der Waals surface area contributed by atoms with Crippen LogP contribution in [0.2, 0.25) is 0 Å². The number of nitrogens with two attached hydrogens (primary N) is 1. The number of hydrogen-bond donors (Lipinski definition) is 2. The van der Waals surface area contributed by atoms with Crippen molar-refractivity contribution in [1.82, 2.24) is 5.43 Å². The van der Waals surface area contributed by atoms with E-state index in [4.69, 9.17) is 15.3 Å². The lowest BCUT2D eigenvalue weighted by Crippen LogP contribution is -2.29. The Kier molecular flexibility index (Phi) is 7.00. The van der Waals surface area contributed by atoms with Crippen LogP contribution in [0, 0.1) is 0 Å². The SMILES string of the molecule is CCCOc1ccc(C(CCC2CCCCO2)NN)cc1. The van der Waals surface area contributed by atoms with E-state index >= 15 is 0 Å². The molecule has 118 valence electrons. The number of hydrogen-bond acceptors (Lipinski definition) is 4. The lowest BCUT2D eigenvalue weighted by atomic mass is 9.97. The highest BCUT2D eigenvalue weighted by Gasteiger charge is 2.17. The van der Waals surface area contributed by atoms with Crippen LogP contribution in [0.25, 0.3) is 0 Å². The van der Waals surface area contributed by atoms with E-state index < -0.39 is 0 Å². The molecule has 0 amide bonds. The summed E-state index contributed by atoms with van der Waals surface area (Å²) >= 11 is 0. The summed E-state index contributed by atoms with van der Waals surface area (Å²) in [6.45, 7) is 3.78. The third-order valence-electron chi connectivity index (χ3n) is 4.01. The van der Waals surface area contributed by atoms with Crippen molar-refractivity contribution >= 4 is 0 Å². The first-order chi connectivity index (χ1) is 10.3. The van der Waals surface area contributed by atoms with Gasteiger partial charge in [-0.3, -0.25) is 11.3 Å². The van der Waals surface area contributed by atoms with E-state index in [1.54, 1.807) is 0 Å². The van der Waals surface area contributed by atoms with E-state index in [0.717, 1.165) is 38.2 Å². The van der Waals surface area contributed by atoms with Crippen molar-refractivity contribution in [3.05, 3.63) is 29.8 Å². The molecule has 1 saturated heterocycles. The molecule has 1 fully saturated rings. The molecule has 0 aliphatic carbocycles. The van der Waals surface area contributed by atoms with E-state index in [1.165, 1.54) is 24.8 Å². The van der Waals surface area contributed by atoms with Gasteiger partial charge in [-0.2, -0.15) is 0 Å². The first kappa shape index (κ1) is 16.3. The molecular formula is C17H28N2O2. The van der Waals surface area contributed by atoms with Gasteiger partial charge in [-0.1, -0.05) is 19.1 Å². The summed E-state index contributed by atoms with van der Waals surface area (Å²) < 4.78 is 11.4. The van der Waals surface area contributed by atoms with Crippen molar-refractivity contribution in [3.8, 4) is 5.75 Å². The lowest BCUT2D eigenvalue weighted by molar-refractivity contribution is 0.00854. The fourth-order valence-corrected chi connectivity index (χ4v) is 2.75. The second-order valence-corrected chi connectivity index (χ2v) is 5.70. The van der Waals surface area contributed by atoms with Crippen LogP contribution < -0.4 is 16.0 Å². The van der Waals surface area contributed by atoms with Crippen LogP contribution >= 0.6 is 0 Å². The third-order valence-corrected chi connectivity index (χ3v) is 4.01. The molecule has 2 atom stereocenters. The molecule has 2 rings (SSSR count). The summed E-state index contributed by atoms with van der Waals surface area (Å²) in [5.41, 5.74) is 4.13. The van der Waals surface area contributed by atoms with E-state index in [9.17, 15) is 0 Å². The first-order valence-corrected chi connectivity index (χ1v) is 8.14. The average molecular weight is 292 g/mol. The van der Waals surface area contributed by atoms with E-state index in [-0.39, 0.29) is 6.04 Å². The van der Waals surface area contributed by atoms with Crippen molar-refractivity contribution < 1.29 is 9.47 Å². The number of ether oxygens (including phenoxy) is 2. The minimum absolute atomic E-state index is 0.177. The topological polar surface area (TPSA) is 56.5 Å². The Morgan fingerprint density at radius 1 is 1.33 bits per heavy atom. The molecule has 2 unspecified atom stereocenters. The molecular weight excluding hydrogens is 264 g/mol. The highest BCUT2D eigenvalue weighted by Crippen LogP contribution is 2.24. The fraction of sp³-hybridized carbons (Fsp3) is 0.647. The van der Waals surface area contributed by atoms with E-state index in [2.05, 4.69) is 24.5 Å². The zero-order chi connectivity index (χ0) is 14.9. The molecule has 1 heterocycles. The Hall–Kier alpha value is -1.10. The van der Waals surface area contributed by atoms with Crippen molar-refractivity contribution in [1.29, 1.82) is 0 Å². The van der Waals surface area contributed by atoms with Gasteiger partial charge in [0.15, 0.2) is 0 Å². The molecule has 0 aromatic heterocycles. The van der Waals surface area contributed by atoms with Gasteiger partial charge in [0.25, 0.3) is 0 Å². The monoisotopic (exact) mass is 292 g/mol.